The van der Waals surface area contributed by atoms with Crippen LogP contribution in [0.15, 0.2) is 71.4 Å². The van der Waals surface area contributed by atoms with E-state index < -0.39 is 8.07 Å². The molecule has 0 spiro atoms. The summed E-state index contributed by atoms with van der Waals surface area (Å²) in [6, 6.07) is 25.5. The monoisotopic (exact) mass is 856 g/mol. The molecule has 0 amide bonds. The van der Waals surface area contributed by atoms with Crippen LogP contribution in [0, 0.1) is 25.0 Å². The van der Waals surface area contributed by atoms with Crippen molar-refractivity contribution in [2.24, 2.45) is 5.92 Å². The molecule has 2 aromatic carbocycles. The van der Waals surface area contributed by atoms with Gasteiger partial charge in [0.2, 0.25) is 5.71 Å². The normalized spacial score (nSPS) is 14.8. The molecule has 0 unspecified atom stereocenters. The third-order valence-electron chi connectivity index (χ3n) is 10.5. The Hall–Kier alpha value is -3.44. The molecule has 8 rings (SSSR count). The van der Waals surface area contributed by atoms with Crippen LogP contribution in [-0.4, -0.2) is 23.0 Å². The van der Waals surface area contributed by atoms with Gasteiger partial charge in [0, 0.05) is 43.6 Å². The summed E-state index contributed by atoms with van der Waals surface area (Å²) in [5.41, 5.74) is 12.5. The molecule has 1 fully saturated rings. The van der Waals surface area contributed by atoms with Crippen molar-refractivity contribution in [3.05, 3.63) is 107 Å². The van der Waals surface area contributed by atoms with Crippen LogP contribution >= 0.6 is 0 Å². The minimum atomic E-state index is -1.35. The quantitative estimate of drug-likeness (QED) is 0.124. The van der Waals surface area contributed by atoms with E-state index in [2.05, 4.69) is 95.1 Å². The van der Waals surface area contributed by atoms with Crippen LogP contribution in [0.25, 0.3) is 44.6 Å². The van der Waals surface area contributed by atoms with E-state index in [9.17, 15) is 0 Å². The van der Waals surface area contributed by atoms with Gasteiger partial charge in [-0.05, 0) is 90.7 Å². The largest absolute Gasteiger partial charge is 0.486 e. The third kappa shape index (κ3) is 7.59. The summed E-state index contributed by atoms with van der Waals surface area (Å²) in [5, 5.41) is 3.69. The Balaban J connectivity index is 0.000000173. The second-order valence-corrected chi connectivity index (χ2v) is 20.5. The zero-order valence-corrected chi connectivity index (χ0v) is 33.8. The average Bonchev–Trinajstić information content (AvgIpc) is 3.76. The van der Waals surface area contributed by atoms with Gasteiger partial charge < -0.3 is 14.4 Å². The molecular weight excluding hydrogens is 807 g/mol. The topological polar surface area (TPSA) is 51.8 Å². The fourth-order valence-corrected chi connectivity index (χ4v) is 9.42. The van der Waals surface area contributed by atoms with Gasteiger partial charge in [-0.1, -0.05) is 87.3 Å². The first kappa shape index (κ1) is 36.4. The molecule has 4 nitrogen and oxygen atoms in total. The van der Waals surface area contributed by atoms with E-state index in [1.165, 1.54) is 61.6 Å². The van der Waals surface area contributed by atoms with Crippen molar-refractivity contribution in [2.45, 2.75) is 104 Å². The zero-order valence-electron chi connectivity index (χ0n) is 30.5. The molecule has 4 heterocycles. The molecular formula is C44H49IrN3OSi-2. The first-order valence-corrected chi connectivity index (χ1v) is 21.9. The summed E-state index contributed by atoms with van der Waals surface area (Å²) < 4.78 is 6.27. The van der Waals surface area contributed by atoms with Crippen LogP contribution < -0.4 is 5.19 Å². The second-order valence-electron chi connectivity index (χ2n) is 15.5. The molecule has 261 valence electrons. The van der Waals surface area contributed by atoms with Crippen molar-refractivity contribution in [1.82, 2.24) is 15.0 Å². The van der Waals surface area contributed by atoms with Crippen LogP contribution in [0.3, 0.4) is 0 Å². The number of furan rings is 1. The SMILES string of the molecule is C[Si](C)(C)c1cnc(-c2[c-]cccc2)cc1CC1CCCC1.Cc1cnc(-c2[c-]ccc3c2oc2nc(C(C)C)ccc23)c2c1CCCC2.[Ir]. The minimum absolute atomic E-state index is 0. The van der Waals surface area contributed by atoms with Gasteiger partial charge in [-0.15, -0.1) is 54.1 Å². The van der Waals surface area contributed by atoms with Gasteiger partial charge >= 0.3 is 0 Å². The van der Waals surface area contributed by atoms with Gasteiger partial charge in [0.25, 0.3) is 0 Å². The van der Waals surface area contributed by atoms with E-state index in [0.29, 0.717) is 11.6 Å². The molecule has 2 aliphatic carbocycles. The summed E-state index contributed by atoms with van der Waals surface area (Å²) in [6.45, 7) is 13.8. The molecule has 4 aromatic heterocycles. The van der Waals surface area contributed by atoms with Gasteiger partial charge in [0.1, 0.15) is 0 Å². The first-order chi connectivity index (χ1) is 23.7. The Morgan fingerprint density at radius 3 is 2.36 bits per heavy atom. The van der Waals surface area contributed by atoms with Crippen LogP contribution in [0.2, 0.25) is 19.6 Å². The van der Waals surface area contributed by atoms with E-state index in [1.807, 2.05) is 24.4 Å². The van der Waals surface area contributed by atoms with Crippen molar-refractivity contribution in [1.29, 1.82) is 0 Å². The smallest absolute Gasteiger partial charge is 0.216 e. The summed E-state index contributed by atoms with van der Waals surface area (Å²) in [6.07, 6.45) is 15.7. The molecule has 0 aliphatic heterocycles. The predicted molar refractivity (Wildman–Crippen MR) is 206 cm³/mol. The van der Waals surface area contributed by atoms with Crippen molar-refractivity contribution >= 4 is 35.3 Å². The average molecular weight is 856 g/mol. The van der Waals surface area contributed by atoms with E-state index in [0.717, 1.165) is 63.3 Å². The Morgan fingerprint density at radius 2 is 1.64 bits per heavy atom. The van der Waals surface area contributed by atoms with E-state index in [-0.39, 0.29) is 20.1 Å². The van der Waals surface area contributed by atoms with Crippen LogP contribution in [0.5, 0.6) is 0 Å². The maximum atomic E-state index is 6.27. The molecule has 2 aliphatic rings. The van der Waals surface area contributed by atoms with Gasteiger partial charge in [0.15, 0.2) is 0 Å². The molecule has 0 N–H and O–H groups in total. The molecule has 0 atom stereocenters. The molecule has 6 heteroatoms. The number of aromatic nitrogens is 3. The fourth-order valence-electron chi connectivity index (χ4n) is 7.84. The number of nitrogens with zero attached hydrogens (tertiary/aromatic N) is 3. The van der Waals surface area contributed by atoms with Crippen LogP contribution in [0.4, 0.5) is 0 Å². The molecule has 1 saturated carbocycles. The number of benzene rings is 2. The standard InChI is InChI=1S/C24H23N2O.C20H26NSi.Ir/c1-14(2)21-12-11-19-18-9-6-10-20(23(18)27-24(19)26-21)22-17-8-5-4-7-16(17)15(3)13-25-22;1-22(2,3)20-15-21-19(17-11-5-4-6-12-17)14-18(20)13-16-9-7-8-10-16;/h6,9,11-14H,4-5,7-8H2,1-3H3;4-6,11,14-16H,7-10,13H2,1-3H3;/q2*-1;. The van der Waals surface area contributed by atoms with Crippen LogP contribution in [-0.2, 0) is 39.4 Å². The Labute approximate surface area is 312 Å². The summed E-state index contributed by atoms with van der Waals surface area (Å²) in [5.74, 6) is 1.25. The van der Waals surface area contributed by atoms with Crippen molar-refractivity contribution in [2.75, 3.05) is 0 Å². The van der Waals surface area contributed by atoms with Gasteiger partial charge in [-0.3, -0.25) is 0 Å². The number of rotatable bonds is 6. The first-order valence-electron chi connectivity index (χ1n) is 18.4. The van der Waals surface area contributed by atoms with Crippen LogP contribution in [0.1, 0.15) is 86.2 Å². The number of pyridine rings is 3. The number of fused-ring (bicyclic) bond motifs is 4. The minimum Gasteiger partial charge on any atom is -0.486 e. The molecule has 0 bridgehead atoms. The Bertz CT molecular complexity index is 2090. The van der Waals surface area contributed by atoms with Gasteiger partial charge in [-0.2, -0.15) is 0 Å². The van der Waals surface area contributed by atoms with Gasteiger partial charge in [-0.25, -0.2) is 4.98 Å². The maximum absolute atomic E-state index is 6.27. The van der Waals surface area contributed by atoms with E-state index >= 15 is 0 Å². The maximum Gasteiger partial charge on any atom is 0.216 e. The molecule has 50 heavy (non-hydrogen) atoms. The second kappa shape index (κ2) is 15.4. The molecule has 6 aromatic rings. The van der Waals surface area contributed by atoms with Gasteiger partial charge in [0.05, 0.1) is 13.7 Å². The predicted octanol–water partition coefficient (Wildman–Crippen LogP) is 11.0. The third-order valence-corrected chi connectivity index (χ3v) is 12.6. The number of aryl methyl sites for hydroxylation is 1. The van der Waals surface area contributed by atoms with E-state index in [4.69, 9.17) is 19.4 Å². The fraction of sp³-hybridized carbons (Fsp3) is 0.386. The number of hydrogen-bond acceptors (Lipinski definition) is 4. The van der Waals surface area contributed by atoms with Crippen molar-refractivity contribution in [3.63, 3.8) is 0 Å². The number of hydrogen-bond donors (Lipinski definition) is 0. The molecule has 1 radical (unpaired) electrons. The summed E-state index contributed by atoms with van der Waals surface area (Å²) >= 11 is 0. The van der Waals surface area contributed by atoms with E-state index in [1.54, 1.807) is 10.8 Å². The van der Waals surface area contributed by atoms with Crippen molar-refractivity contribution < 1.29 is 24.5 Å². The zero-order chi connectivity index (χ0) is 34.1. The molecule has 0 saturated heterocycles. The summed E-state index contributed by atoms with van der Waals surface area (Å²) in [7, 11) is -1.35. The summed E-state index contributed by atoms with van der Waals surface area (Å²) in [4.78, 5) is 14.3. The van der Waals surface area contributed by atoms with Crippen molar-refractivity contribution in [3.8, 4) is 22.5 Å². The Morgan fingerprint density at radius 1 is 0.860 bits per heavy atom. The Kier molecular flexibility index (Phi) is 11.2.